The highest BCUT2D eigenvalue weighted by Crippen LogP contribution is 2.38. The number of carbonyl (C=O) groups excluding carboxylic acids is 2. The number of hydrogen-bond donors (Lipinski definition) is 0. The van der Waals surface area contributed by atoms with Crippen LogP contribution in [-0.4, -0.2) is 26.5 Å². The zero-order valence-corrected chi connectivity index (χ0v) is 18.3. The van der Waals surface area contributed by atoms with E-state index in [4.69, 9.17) is 4.43 Å². The second-order valence-corrected chi connectivity index (χ2v) is 13.2. The summed E-state index contributed by atoms with van der Waals surface area (Å²) in [5, 5.41) is 2.39. The van der Waals surface area contributed by atoms with Gasteiger partial charge >= 0.3 is 0 Å². The lowest BCUT2D eigenvalue weighted by Crippen LogP contribution is -2.66. The van der Waals surface area contributed by atoms with Crippen LogP contribution in [0.4, 0.5) is 0 Å². The monoisotopic (exact) mass is 394 g/mol. The van der Waals surface area contributed by atoms with E-state index in [1.807, 2.05) is 12.1 Å². The van der Waals surface area contributed by atoms with Crippen LogP contribution in [0.2, 0.25) is 5.04 Å². The van der Waals surface area contributed by atoms with Gasteiger partial charge in [0.25, 0.3) is 8.32 Å². The summed E-state index contributed by atoms with van der Waals surface area (Å²) >= 11 is 0. The van der Waals surface area contributed by atoms with Crippen molar-refractivity contribution in [2.45, 2.75) is 45.6 Å². The highest BCUT2D eigenvalue weighted by atomic mass is 28.4. The van der Waals surface area contributed by atoms with Gasteiger partial charge in [-0.2, -0.15) is 0 Å². The first-order valence-corrected chi connectivity index (χ1v) is 11.9. The molecule has 1 saturated carbocycles. The minimum absolute atomic E-state index is 0.0158. The molecule has 0 radical (unpaired) electrons. The fourth-order valence-corrected chi connectivity index (χ4v) is 9.14. The Labute approximate surface area is 169 Å². The Morgan fingerprint density at radius 1 is 1.00 bits per heavy atom. The van der Waals surface area contributed by atoms with Gasteiger partial charge < -0.3 is 4.43 Å². The van der Waals surface area contributed by atoms with Gasteiger partial charge in [0.2, 0.25) is 0 Å². The summed E-state index contributed by atoms with van der Waals surface area (Å²) in [6.07, 6.45) is 1.06. The Morgan fingerprint density at radius 3 is 1.89 bits per heavy atom. The first-order chi connectivity index (χ1) is 13.3. The van der Waals surface area contributed by atoms with E-state index in [0.717, 1.165) is 0 Å². The van der Waals surface area contributed by atoms with Crippen LogP contribution in [0.15, 0.2) is 60.7 Å². The van der Waals surface area contributed by atoms with Gasteiger partial charge in [-0.25, -0.2) is 0 Å². The van der Waals surface area contributed by atoms with Crippen LogP contribution < -0.4 is 10.4 Å². The molecule has 2 unspecified atom stereocenters. The fourth-order valence-electron chi connectivity index (χ4n) is 4.50. The van der Waals surface area contributed by atoms with E-state index in [2.05, 4.69) is 69.3 Å². The highest BCUT2D eigenvalue weighted by molar-refractivity contribution is 6.99. The van der Waals surface area contributed by atoms with Crippen LogP contribution in [0.3, 0.4) is 0 Å². The van der Waals surface area contributed by atoms with E-state index in [1.54, 1.807) is 0 Å². The van der Waals surface area contributed by atoms with Crippen molar-refractivity contribution in [1.82, 2.24) is 0 Å². The molecule has 2 atom stereocenters. The van der Waals surface area contributed by atoms with E-state index in [-0.39, 0.29) is 22.5 Å². The molecule has 1 aliphatic carbocycles. The minimum Gasteiger partial charge on any atom is -0.407 e. The molecule has 148 valence electrons. The first kappa shape index (κ1) is 20.7. The van der Waals surface area contributed by atoms with Gasteiger partial charge in [0.15, 0.2) is 0 Å². The molecular formula is C24H30O3Si. The minimum atomic E-state index is -2.58. The van der Waals surface area contributed by atoms with Crippen molar-refractivity contribution in [3.05, 3.63) is 60.7 Å². The van der Waals surface area contributed by atoms with Crippen molar-refractivity contribution in [2.75, 3.05) is 6.61 Å². The standard InChI is InChI=1S/C24H30O3Si/c1-18(25)22-15-19(16-23(22)26)17-27-28(24(2,3)4,20-11-7-5-8-12-20)21-13-9-6-10-14-21/h5-14,19,22H,15-17H2,1-4H3. The molecule has 0 amide bonds. The molecule has 0 spiro atoms. The van der Waals surface area contributed by atoms with Gasteiger partial charge in [-0.05, 0) is 34.7 Å². The predicted molar refractivity (Wildman–Crippen MR) is 115 cm³/mol. The van der Waals surface area contributed by atoms with E-state index in [1.165, 1.54) is 17.3 Å². The summed E-state index contributed by atoms with van der Waals surface area (Å²) in [6.45, 7) is 8.78. The molecule has 0 N–H and O–H groups in total. The van der Waals surface area contributed by atoms with E-state index in [0.29, 0.717) is 19.4 Å². The van der Waals surface area contributed by atoms with Gasteiger partial charge in [0.1, 0.15) is 11.6 Å². The zero-order chi connectivity index (χ0) is 20.4. The van der Waals surface area contributed by atoms with Crippen LogP contribution >= 0.6 is 0 Å². The third-order valence-electron chi connectivity index (χ3n) is 5.89. The molecular weight excluding hydrogens is 364 g/mol. The number of ketones is 2. The fraction of sp³-hybridized carbons (Fsp3) is 0.417. The number of carbonyl (C=O) groups is 2. The summed E-state index contributed by atoms with van der Waals surface area (Å²) in [5.41, 5.74) is 0. The highest BCUT2D eigenvalue weighted by Gasteiger charge is 2.50. The van der Waals surface area contributed by atoms with Crippen LogP contribution in [0.25, 0.3) is 0 Å². The van der Waals surface area contributed by atoms with Crippen LogP contribution in [0.5, 0.6) is 0 Å². The lowest BCUT2D eigenvalue weighted by Gasteiger charge is -2.43. The lowest BCUT2D eigenvalue weighted by molar-refractivity contribution is -0.129. The van der Waals surface area contributed by atoms with E-state index < -0.39 is 14.2 Å². The molecule has 2 aromatic rings. The molecule has 2 aromatic carbocycles. The molecule has 28 heavy (non-hydrogen) atoms. The van der Waals surface area contributed by atoms with Gasteiger partial charge in [0.05, 0.1) is 5.92 Å². The molecule has 4 heteroatoms. The second-order valence-electron chi connectivity index (χ2n) is 8.91. The van der Waals surface area contributed by atoms with Gasteiger partial charge in [-0.15, -0.1) is 0 Å². The lowest BCUT2D eigenvalue weighted by atomic mass is 10.0. The second kappa shape index (κ2) is 8.14. The maximum absolute atomic E-state index is 12.2. The Balaban J connectivity index is 1.98. The van der Waals surface area contributed by atoms with Crippen LogP contribution in [0, 0.1) is 11.8 Å². The van der Waals surface area contributed by atoms with Crippen LogP contribution in [0.1, 0.15) is 40.5 Å². The normalized spacial score (nSPS) is 20.4. The molecule has 0 saturated heterocycles. The Kier molecular flexibility index (Phi) is 6.01. The van der Waals surface area contributed by atoms with Crippen molar-refractivity contribution >= 4 is 30.3 Å². The van der Waals surface area contributed by atoms with Gasteiger partial charge in [-0.1, -0.05) is 81.4 Å². The smallest absolute Gasteiger partial charge is 0.261 e. The van der Waals surface area contributed by atoms with Gasteiger partial charge in [-0.3, -0.25) is 9.59 Å². The summed E-state index contributed by atoms with van der Waals surface area (Å²) < 4.78 is 6.90. The zero-order valence-electron chi connectivity index (χ0n) is 17.3. The third kappa shape index (κ3) is 3.89. The van der Waals surface area contributed by atoms with Crippen molar-refractivity contribution in [1.29, 1.82) is 0 Å². The molecule has 0 aliphatic heterocycles. The maximum atomic E-state index is 12.2. The summed E-state index contributed by atoms with van der Waals surface area (Å²) in [6, 6.07) is 21.0. The largest absolute Gasteiger partial charge is 0.407 e. The third-order valence-corrected chi connectivity index (χ3v) is 10.9. The molecule has 1 fully saturated rings. The van der Waals surface area contributed by atoms with Crippen molar-refractivity contribution in [3.8, 4) is 0 Å². The van der Waals surface area contributed by atoms with Crippen LogP contribution in [-0.2, 0) is 14.0 Å². The predicted octanol–water partition coefficient (Wildman–Crippen LogP) is 3.75. The first-order valence-electron chi connectivity index (χ1n) is 10.0. The number of Topliss-reactive ketones (excluding diaryl/α,β-unsaturated/α-hetero) is 2. The maximum Gasteiger partial charge on any atom is 0.261 e. The Morgan fingerprint density at radius 2 is 1.50 bits per heavy atom. The van der Waals surface area contributed by atoms with Crippen molar-refractivity contribution < 1.29 is 14.0 Å². The van der Waals surface area contributed by atoms with Gasteiger partial charge in [0, 0.05) is 13.0 Å². The van der Waals surface area contributed by atoms with Crippen molar-refractivity contribution in [2.24, 2.45) is 11.8 Å². The Bertz CT molecular complexity index is 784. The molecule has 1 aliphatic rings. The van der Waals surface area contributed by atoms with Crippen molar-refractivity contribution in [3.63, 3.8) is 0 Å². The average Bonchev–Trinajstić information content (AvgIpc) is 3.04. The van der Waals surface area contributed by atoms with E-state index >= 15 is 0 Å². The quantitative estimate of drug-likeness (QED) is 0.554. The molecule has 0 heterocycles. The number of benzene rings is 2. The summed E-state index contributed by atoms with van der Waals surface area (Å²) in [7, 11) is -2.58. The molecule has 0 aromatic heterocycles. The number of rotatable bonds is 6. The van der Waals surface area contributed by atoms with E-state index in [9.17, 15) is 9.59 Å². The molecule has 3 rings (SSSR count). The topological polar surface area (TPSA) is 43.4 Å². The Hall–Kier alpha value is -2.04. The average molecular weight is 395 g/mol. The summed E-state index contributed by atoms with van der Waals surface area (Å²) in [5.74, 6) is -0.266. The molecule has 3 nitrogen and oxygen atoms in total. The SMILES string of the molecule is CC(=O)C1CC(CO[Si](c2ccccc2)(c2ccccc2)C(C)(C)C)CC1=O. The molecule has 0 bridgehead atoms. The summed E-state index contributed by atoms with van der Waals surface area (Å²) in [4.78, 5) is 24.0. The number of hydrogen-bond acceptors (Lipinski definition) is 3.